The van der Waals surface area contributed by atoms with Crippen LogP contribution in [0.4, 0.5) is 0 Å². The van der Waals surface area contributed by atoms with E-state index in [0.29, 0.717) is 11.3 Å². The van der Waals surface area contributed by atoms with Gasteiger partial charge >= 0.3 is 5.97 Å². The maximum atomic E-state index is 12.6. The lowest BCUT2D eigenvalue weighted by molar-refractivity contribution is -0.142. The van der Waals surface area contributed by atoms with Gasteiger partial charge in [-0.05, 0) is 24.6 Å². The maximum absolute atomic E-state index is 12.6. The van der Waals surface area contributed by atoms with Crippen molar-refractivity contribution in [3.63, 3.8) is 0 Å². The van der Waals surface area contributed by atoms with Crippen LogP contribution in [0.3, 0.4) is 0 Å². The van der Waals surface area contributed by atoms with E-state index in [0.717, 1.165) is 0 Å². The molecule has 4 atom stereocenters. The molecule has 34 heavy (non-hydrogen) atoms. The van der Waals surface area contributed by atoms with Crippen LogP contribution in [-0.2, 0) is 32.0 Å². The van der Waals surface area contributed by atoms with Crippen molar-refractivity contribution in [2.24, 2.45) is 5.73 Å². The third kappa shape index (κ3) is 8.08. The quantitative estimate of drug-likeness (QED) is 0.167. The van der Waals surface area contributed by atoms with Gasteiger partial charge in [-0.3, -0.25) is 14.4 Å². The van der Waals surface area contributed by atoms with E-state index in [4.69, 9.17) is 5.73 Å². The zero-order chi connectivity index (χ0) is 25.3. The van der Waals surface area contributed by atoms with E-state index in [1.54, 1.807) is 12.1 Å². The minimum absolute atomic E-state index is 0.0223. The maximum Gasteiger partial charge on any atom is 0.326 e. The van der Waals surface area contributed by atoms with E-state index >= 15 is 0 Å². The first kappa shape index (κ1) is 26.7. The van der Waals surface area contributed by atoms with E-state index in [9.17, 15) is 29.4 Å². The largest absolute Gasteiger partial charge is 0.508 e. The zero-order valence-electron chi connectivity index (χ0n) is 18.4. The van der Waals surface area contributed by atoms with Gasteiger partial charge in [0.05, 0.1) is 12.4 Å². The number of rotatable bonds is 12. The van der Waals surface area contributed by atoms with Crippen molar-refractivity contribution in [1.29, 1.82) is 0 Å². The van der Waals surface area contributed by atoms with Gasteiger partial charge in [0.15, 0.2) is 0 Å². The summed E-state index contributed by atoms with van der Waals surface area (Å²) in [6, 6.07) is 1.56. The van der Waals surface area contributed by atoms with E-state index < -0.39 is 47.9 Å². The van der Waals surface area contributed by atoms with Crippen LogP contribution in [0.2, 0.25) is 0 Å². The molecule has 0 aliphatic carbocycles. The Bertz CT molecular complexity index is 984. The molecule has 12 nitrogen and oxygen atoms in total. The van der Waals surface area contributed by atoms with Crippen molar-refractivity contribution < 1.29 is 29.4 Å². The fourth-order valence-electron chi connectivity index (χ4n) is 2.94. The molecule has 0 aliphatic heterocycles. The lowest BCUT2D eigenvalue weighted by Gasteiger charge is -2.22. The number of aliphatic carboxylic acids is 1. The van der Waals surface area contributed by atoms with E-state index in [1.165, 1.54) is 31.6 Å². The van der Waals surface area contributed by atoms with E-state index in [1.807, 2.05) is 0 Å². The number of aromatic hydroxyl groups is 1. The molecule has 2 aromatic rings. The minimum Gasteiger partial charge on any atom is -0.508 e. The number of aromatic nitrogens is 2. The van der Waals surface area contributed by atoms with Crippen LogP contribution in [0.25, 0.3) is 0 Å². The van der Waals surface area contributed by atoms with Gasteiger partial charge in [-0.2, -0.15) is 12.6 Å². The number of thiol groups is 1. The number of hydrogen-bond donors (Lipinski definition) is 8. The van der Waals surface area contributed by atoms with Gasteiger partial charge in [0, 0.05) is 30.5 Å². The van der Waals surface area contributed by atoms with Crippen molar-refractivity contribution in [2.75, 3.05) is 5.75 Å². The number of nitrogens with zero attached hydrogens (tertiary/aromatic N) is 1. The molecule has 2 rings (SSSR count). The number of aromatic amines is 1. The summed E-state index contributed by atoms with van der Waals surface area (Å²) in [5.74, 6) is -3.26. The van der Waals surface area contributed by atoms with Crippen LogP contribution in [-0.4, -0.2) is 73.8 Å². The van der Waals surface area contributed by atoms with E-state index in [2.05, 4.69) is 38.5 Å². The smallest absolute Gasteiger partial charge is 0.326 e. The Balaban J connectivity index is 1.90. The summed E-state index contributed by atoms with van der Waals surface area (Å²) < 4.78 is 0. The van der Waals surface area contributed by atoms with Crippen LogP contribution >= 0.6 is 12.6 Å². The van der Waals surface area contributed by atoms with Crippen LogP contribution in [0.5, 0.6) is 5.75 Å². The third-order valence-corrected chi connectivity index (χ3v) is 5.25. The SMILES string of the molecule is CC(NC(=O)C(CS)NC(=O)C(N)Cc1cnc[nH]1)C(=O)NC(Cc1ccc(O)cc1)C(=O)O. The number of H-pyrrole nitrogens is 1. The summed E-state index contributed by atoms with van der Waals surface area (Å²) in [5, 5.41) is 26.1. The molecule has 0 radical (unpaired) electrons. The summed E-state index contributed by atoms with van der Waals surface area (Å²) in [4.78, 5) is 55.6. The van der Waals surface area contributed by atoms with Gasteiger partial charge in [-0.15, -0.1) is 0 Å². The molecule has 0 saturated carbocycles. The lowest BCUT2D eigenvalue weighted by Crippen LogP contribution is -2.57. The first-order valence-corrected chi connectivity index (χ1v) is 11.0. The van der Waals surface area contributed by atoms with Crippen LogP contribution in [0, 0.1) is 0 Å². The first-order chi connectivity index (χ1) is 16.1. The van der Waals surface area contributed by atoms with Gasteiger partial charge < -0.3 is 36.9 Å². The van der Waals surface area contributed by atoms with Gasteiger partial charge in [-0.1, -0.05) is 12.1 Å². The number of nitrogens with one attached hydrogen (secondary N) is 4. The molecule has 0 bridgehead atoms. The summed E-state index contributed by atoms with van der Waals surface area (Å²) in [6.45, 7) is 1.38. The number of benzene rings is 1. The number of imidazole rings is 1. The molecule has 184 valence electrons. The second-order valence-electron chi connectivity index (χ2n) is 7.63. The van der Waals surface area contributed by atoms with Crippen molar-refractivity contribution in [1.82, 2.24) is 25.9 Å². The van der Waals surface area contributed by atoms with Gasteiger partial charge in [0.1, 0.15) is 23.9 Å². The Hall–Kier alpha value is -3.58. The summed E-state index contributed by atoms with van der Waals surface area (Å²) in [7, 11) is 0. The molecule has 8 N–H and O–H groups in total. The molecular weight excluding hydrogens is 464 g/mol. The number of nitrogens with two attached hydrogens (primary N) is 1. The number of carboxylic acid groups (broad SMARTS) is 1. The number of hydrogen-bond acceptors (Lipinski definition) is 8. The average Bonchev–Trinajstić information content (AvgIpc) is 3.30. The zero-order valence-corrected chi connectivity index (χ0v) is 19.3. The minimum atomic E-state index is -1.26. The lowest BCUT2D eigenvalue weighted by atomic mass is 10.1. The van der Waals surface area contributed by atoms with Crippen LogP contribution in [0.1, 0.15) is 18.2 Å². The average molecular weight is 493 g/mol. The molecule has 4 unspecified atom stereocenters. The number of carbonyl (C=O) groups is 4. The fourth-order valence-corrected chi connectivity index (χ4v) is 3.20. The molecule has 1 aromatic heterocycles. The molecular formula is C21H28N6O6S. The van der Waals surface area contributed by atoms with Crippen molar-refractivity contribution >= 4 is 36.3 Å². The van der Waals surface area contributed by atoms with Crippen molar-refractivity contribution in [2.45, 2.75) is 43.9 Å². The van der Waals surface area contributed by atoms with Gasteiger partial charge in [0.2, 0.25) is 17.7 Å². The van der Waals surface area contributed by atoms with Crippen LogP contribution < -0.4 is 21.7 Å². The van der Waals surface area contributed by atoms with Gasteiger partial charge in [-0.25, -0.2) is 9.78 Å². The highest BCUT2D eigenvalue weighted by Crippen LogP contribution is 2.11. The number of carbonyl (C=O) groups excluding carboxylic acids is 3. The predicted octanol–water partition coefficient (Wildman–Crippen LogP) is -1.28. The summed E-state index contributed by atoms with van der Waals surface area (Å²) in [6.07, 6.45) is 3.15. The highest BCUT2D eigenvalue weighted by Gasteiger charge is 2.28. The number of phenolic OH excluding ortho intramolecular Hbond substituents is 1. The predicted molar refractivity (Wildman–Crippen MR) is 125 cm³/mol. The Labute approximate surface area is 201 Å². The standard InChI is InChI=1S/C21H28N6O6S/c1-11(18(29)26-16(21(32)33)6-12-2-4-14(28)5-3-12)25-20(31)17(9-34)27-19(30)15(22)7-13-8-23-10-24-13/h2-5,8,10-11,15-17,28,34H,6-7,9,22H2,1H3,(H,23,24)(H,25,31)(H,26,29)(H,27,30)(H,32,33). The topological polar surface area (TPSA) is 200 Å². The Morgan fingerprint density at radius 3 is 2.24 bits per heavy atom. The normalized spacial score (nSPS) is 14.3. The van der Waals surface area contributed by atoms with Gasteiger partial charge in [0.25, 0.3) is 0 Å². The molecule has 3 amide bonds. The van der Waals surface area contributed by atoms with E-state index in [-0.39, 0.29) is 24.3 Å². The molecule has 0 aliphatic rings. The monoisotopic (exact) mass is 492 g/mol. The second-order valence-corrected chi connectivity index (χ2v) is 8.00. The highest BCUT2D eigenvalue weighted by atomic mass is 32.1. The Morgan fingerprint density at radius 2 is 1.68 bits per heavy atom. The van der Waals surface area contributed by atoms with Crippen LogP contribution in [0.15, 0.2) is 36.8 Å². The Morgan fingerprint density at radius 1 is 1.03 bits per heavy atom. The number of phenols is 1. The Kier molecular flexibility index (Phi) is 9.89. The molecule has 0 saturated heterocycles. The second kappa shape index (κ2) is 12.6. The number of carboxylic acids is 1. The highest BCUT2D eigenvalue weighted by molar-refractivity contribution is 7.80. The molecule has 13 heteroatoms. The van der Waals surface area contributed by atoms with Crippen molar-refractivity contribution in [3.05, 3.63) is 48.0 Å². The summed E-state index contributed by atoms with van der Waals surface area (Å²) >= 11 is 4.08. The molecule has 0 fully saturated rings. The fraction of sp³-hybridized carbons (Fsp3) is 0.381. The number of amides is 3. The first-order valence-electron chi connectivity index (χ1n) is 10.4. The molecule has 1 aromatic carbocycles. The summed E-state index contributed by atoms with van der Waals surface area (Å²) in [5.41, 5.74) is 7.11. The molecule has 0 spiro atoms. The third-order valence-electron chi connectivity index (χ3n) is 4.89. The molecule has 1 heterocycles. The van der Waals surface area contributed by atoms with Crippen molar-refractivity contribution in [3.8, 4) is 5.75 Å².